The molecule has 7 heteroatoms. The molecule has 1 saturated heterocycles. The molecule has 3 rings (SSSR count). The molecular weight excluding hydrogens is 318 g/mol. The van der Waals surface area contributed by atoms with Gasteiger partial charge in [-0.05, 0) is 24.6 Å². The SMILES string of the molecule is CC1(/C(O)=C(/Cc2ccc(Cl)cc2)n2cncn2)COCOC1. The fourth-order valence-corrected chi connectivity index (χ4v) is 2.66. The highest BCUT2D eigenvalue weighted by molar-refractivity contribution is 6.30. The molecule has 1 aromatic heterocycles. The molecule has 23 heavy (non-hydrogen) atoms. The summed E-state index contributed by atoms with van der Waals surface area (Å²) in [7, 11) is 0. The Labute approximate surface area is 139 Å². The average Bonchev–Trinajstić information content (AvgIpc) is 3.08. The van der Waals surface area contributed by atoms with Crippen molar-refractivity contribution >= 4 is 17.3 Å². The van der Waals surface area contributed by atoms with Crippen LogP contribution >= 0.6 is 11.6 Å². The van der Waals surface area contributed by atoms with Gasteiger partial charge in [0.2, 0.25) is 0 Å². The average molecular weight is 336 g/mol. The van der Waals surface area contributed by atoms with Crippen molar-refractivity contribution < 1.29 is 14.6 Å². The molecule has 0 saturated carbocycles. The van der Waals surface area contributed by atoms with Crippen molar-refractivity contribution in [3.63, 3.8) is 0 Å². The molecule has 1 N–H and O–H groups in total. The molecule has 1 aliphatic heterocycles. The largest absolute Gasteiger partial charge is 0.510 e. The van der Waals surface area contributed by atoms with Gasteiger partial charge in [-0.15, -0.1) is 0 Å². The number of allylic oxidation sites excluding steroid dienone is 1. The van der Waals surface area contributed by atoms with E-state index in [1.54, 1.807) is 11.0 Å². The number of hydrogen-bond donors (Lipinski definition) is 1. The van der Waals surface area contributed by atoms with E-state index in [1.807, 2.05) is 31.2 Å². The van der Waals surface area contributed by atoms with E-state index >= 15 is 0 Å². The number of aliphatic hydroxyl groups is 1. The predicted octanol–water partition coefficient (Wildman–Crippen LogP) is 2.91. The summed E-state index contributed by atoms with van der Waals surface area (Å²) in [6, 6.07) is 7.48. The van der Waals surface area contributed by atoms with Gasteiger partial charge in [0.25, 0.3) is 0 Å². The van der Waals surface area contributed by atoms with Crippen LogP contribution in [0.15, 0.2) is 42.7 Å². The fourth-order valence-electron chi connectivity index (χ4n) is 2.54. The lowest BCUT2D eigenvalue weighted by Crippen LogP contribution is -2.37. The van der Waals surface area contributed by atoms with E-state index in [-0.39, 0.29) is 12.6 Å². The first-order valence-electron chi connectivity index (χ1n) is 7.26. The predicted molar refractivity (Wildman–Crippen MR) is 85.9 cm³/mol. The summed E-state index contributed by atoms with van der Waals surface area (Å²) in [6.07, 6.45) is 3.49. The summed E-state index contributed by atoms with van der Waals surface area (Å²) < 4.78 is 12.3. The third-order valence-electron chi connectivity index (χ3n) is 3.83. The van der Waals surface area contributed by atoms with Crippen LogP contribution in [0, 0.1) is 5.41 Å². The Morgan fingerprint density at radius 3 is 2.61 bits per heavy atom. The van der Waals surface area contributed by atoms with Gasteiger partial charge in [0.15, 0.2) is 0 Å². The maximum atomic E-state index is 10.9. The first-order valence-corrected chi connectivity index (χ1v) is 7.64. The van der Waals surface area contributed by atoms with Gasteiger partial charge in [0, 0.05) is 11.4 Å². The summed E-state index contributed by atoms with van der Waals surface area (Å²) in [6.45, 7) is 2.92. The van der Waals surface area contributed by atoms with Crippen molar-refractivity contribution in [1.29, 1.82) is 0 Å². The van der Waals surface area contributed by atoms with Crippen LogP contribution in [0.2, 0.25) is 5.02 Å². The normalized spacial score (nSPS) is 18.5. The molecule has 6 nitrogen and oxygen atoms in total. The zero-order valence-corrected chi connectivity index (χ0v) is 13.5. The van der Waals surface area contributed by atoms with Gasteiger partial charge in [0.05, 0.1) is 24.3 Å². The smallest absolute Gasteiger partial charge is 0.146 e. The molecule has 0 amide bonds. The maximum absolute atomic E-state index is 10.9. The molecule has 0 aliphatic carbocycles. The Hall–Kier alpha value is -1.89. The van der Waals surface area contributed by atoms with E-state index in [4.69, 9.17) is 21.1 Å². The van der Waals surface area contributed by atoms with E-state index in [2.05, 4.69) is 10.1 Å². The van der Waals surface area contributed by atoms with Crippen LogP contribution in [-0.4, -0.2) is 39.9 Å². The number of aromatic nitrogens is 3. The van der Waals surface area contributed by atoms with Crippen molar-refractivity contribution in [2.24, 2.45) is 5.41 Å². The van der Waals surface area contributed by atoms with E-state index in [0.29, 0.717) is 30.4 Å². The molecule has 1 aromatic carbocycles. The molecule has 0 atom stereocenters. The van der Waals surface area contributed by atoms with Crippen molar-refractivity contribution in [1.82, 2.24) is 14.8 Å². The monoisotopic (exact) mass is 335 g/mol. The summed E-state index contributed by atoms with van der Waals surface area (Å²) in [5, 5.41) is 15.7. The minimum atomic E-state index is -0.619. The number of hydrogen-bond acceptors (Lipinski definition) is 5. The van der Waals surface area contributed by atoms with E-state index in [9.17, 15) is 5.11 Å². The van der Waals surface area contributed by atoms with E-state index in [0.717, 1.165) is 5.56 Å². The van der Waals surface area contributed by atoms with Crippen molar-refractivity contribution in [2.75, 3.05) is 20.0 Å². The van der Waals surface area contributed by atoms with Gasteiger partial charge >= 0.3 is 0 Å². The third-order valence-corrected chi connectivity index (χ3v) is 4.09. The Balaban J connectivity index is 1.98. The minimum Gasteiger partial charge on any atom is -0.510 e. The second kappa shape index (κ2) is 6.70. The van der Waals surface area contributed by atoms with Gasteiger partial charge in [-0.25, -0.2) is 9.67 Å². The molecule has 1 aliphatic rings. The highest BCUT2D eigenvalue weighted by atomic mass is 35.5. The van der Waals surface area contributed by atoms with Crippen LogP contribution in [0.5, 0.6) is 0 Å². The van der Waals surface area contributed by atoms with E-state index < -0.39 is 5.41 Å². The highest BCUT2D eigenvalue weighted by Crippen LogP contribution is 2.33. The molecule has 0 radical (unpaired) electrons. The standard InChI is InChI=1S/C16H18ClN3O3/c1-16(7-22-11-23-8-16)15(21)14(20-10-18-9-19-20)6-12-2-4-13(17)5-3-12/h2-5,9-10,21H,6-8,11H2,1H3/b15-14+. The number of ether oxygens (including phenoxy) is 2. The van der Waals surface area contributed by atoms with Crippen LogP contribution in [-0.2, 0) is 15.9 Å². The second-order valence-corrected chi connectivity index (χ2v) is 6.25. The molecule has 0 unspecified atom stereocenters. The van der Waals surface area contributed by atoms with Crippen LogP contribution in [0.3, 0.4) is 0 Å². The number of rotatable bonds is 4. The maximum Gasteiger partial charge on any atom is 0.146 e. The summed E-state index contributed by atoms with van der Waals surface area (Å²) >= 11 is 5.93. The Morgan fingerprint density at radius 2 is 2.00 bits per heavy atom. The zero-order valence-electron chi connectivity index (χ0n) is 12.8. The summed E-state index contributed by atoms with van der Waals surface area (Å²) in [5.41, 5.74) is 1.03. The van der Waals surface area contributed by atoms with Crippen LogP contribution in [0.25, 0.3) is 5.70 Å². The topological polar surface area (TPSA) is 69.4 Å². The van der Waals surface area contributed by atoms with Crippen LogP contribution in [0.1, 0.15) is 12.5 Å². The molecule has 0 spiro atoms. The third kappa shape index (κ3) is 3.55. The number of nitrogens with zero attached hydrogens (tertiary/aromatic N) is 3. The lowest BCUT2D eigenvalue weighted by atomic mass is 9.87. The minimum absolute atomic E-state index is 0.192. The lowest BCUT2D eigenvalue weighted by Gasteiger charge is -2.33. The first-order chi connectivity index (χ1) is 11.1. The first kappa shape index (κ1) is 16.0. The summed E-state index contributed by atoms with van der Waals surface area (Å²) in [4.78, 5) is 3.97. The van der Waals surface area contributed by atoms with Crippen molar-refractivity contribution in [3.8, 4) is 0 Å². The zero-order chi connectivity index (χ0) is 16.3. The van der Waals surface area contributed by atoms with Gasteiger partial charge in [-0.2, -0.15) is 5.10 Å². The quantitative estimate of drug-likeness (QED) is 0.870. The molecule has 0 bridgehead atoms. The van der Waals surface area contributed by atoms with Crippen molar-refractivity contribution in [2.45, 2.75) is 13.3 Å². The van der Waals surface area contributed by atoms with Gasteiger partial charge in [-0.1, -0.05) is 23.7 Å². The van der Waals surface area contributed by atoms with Crippen LogP contribution in [0.4, 0.5) is 0 Å². The second-order valence-electron chi connectivity index (χ2n) is 5.81. The van der Waals surface area contributed by atoms with E-state index in [1.165, 1.54) is 6.33 Å². The fraction of sp³-hybridized carbons (Fsp3) is 0.375. The molecule has 2 heterocycles. The molecular formula is C16H18ClN3O3. The Kier molecular flexibility index (Phi) is 4.66. The Bertz CT molecular complexity index is 677. The Morgan fingerprint density at radius 1 is 1.30 bits per heavy atom. The lowest BCUT2D eigenvalue weighted by molar-refractivity contribution is -0.155. The number of aliphatic hydroxyl groups excluding tert-OH is 1. The number of halogens is 1. The van der Waals surface area contributed by atoms with Gasteiger partial charge in [-0.3, -0.25) is 0 Å². The number of benzene rings is 1. The molecule has 2 aromatic rings. The summed E-state index contributed by atoms with van der Waals surface area (Å²) in [5.74, 6) is 0.192. The van der Waals surface area contributed by atoms with Gasteiger partial charge < -0.3 is 14.6 Å². The molecule has 1 fully saturated rings. The highest BCUT2D eigenvalue weighted by Gasteiger charge is 2.35. The van der Waals surface area contributed by atoms with Crippen LogP contribution < -0.4 is 0 Å². The van der Waals surface area contributed by atoms with Crippen molar-refractivity contribution in [3.05, 3.63) is 53.3 Å². The van der Waals surface area contributed by atoms with Gasteiger partial charge in [0.1, 0.15) is 25.2 Å². The molecule has 122 valence electrons.